The number of carboxylic acid groups (broad SMARTS) is 1. The van der Waals surface area contributed by atoms with E-state index in [-0.39, 0.29) is 5.52 Å². The molecule has 152 valence electrons. The van der Waals surface area contributed by atoms with E-state index in [0.717, 1.165) is 24.2 Å². The normalized spacial score (nSPS) is 14.4. The maximum atomic E-state index is 12.8. The molecule has 1 aliphatic rings. The average Bonchev–Trinajstić information content (AvgIpc) is 3.11. The molecule has 0 spiro atoms. The Morgan fingerprint density at radius 1 is 1.21 bits per heavy atom. The molecule has 4 rings (SSSR count). The minimum atomic E-state index is -1.25. The molecule has 10 heteroatoms. The first-order valence-electron chi connectivity index (χ1n) is 9.09. The summed E-state index contributed by atoms with van der Waals surface area (Å²) >= 11 is 0. The van der Waals surface area contributed by atoms with Crippen LogP contribution in [-0.4, -0.2) is 64.1 Å². The third-order valence-electron chi connectivity index (χ3n) is 5.06. The molecule has 0 aliphatic carbocycles. The van der Waals surface area contributed by atoms with Crippen molar-refractivity contribution in [3.05, 3.63) is 40.2 Å². The van der Waals surface area contributed by atoms with Gasteiger partial charge in [0.1, 0.15) is 17.6 Å². The number of morpholine rings is 1. The van der Waals surface area contributed by atoms with Crippen molar-refractivity contribution in [1.29, 1.82) is 0 Å². The minimum absolute atomic E-state index is 0.281. The Morgan fingerprint density at radius 3 is 2.62 bits per heavy atom. The number of aliphatic carboxylic acids is 1. The zero-order valence-corrected chi connectivity index (χ0v) is 15.7. The van der Waals surface area contributed by atoms with Crippen molar-refractivity contribution in [1.82, 2.24) is 14.5 Å². The Bertz CT molecular complexity index is 1190. The molecule has 10 nitrogen and oxygen atoms in total. The molecule has 29 heavy (non-hydrogen) atoms. The summed E-state index contributed by atoms with van der Waals surface area (Å²) in [5.41, 5.74) is 0.710. The first-order chi connectivity index (χ1) is 13.9. The highest BCUT2D eigenvalue weighted by atomic mass is 16.5. The van der Waals surface area contributed by atoms with Gasteiger partial charge in [-0.3, -0.25) is 14.4 Å². The number of hydrogen-bond acceptors (Lipinski definition) is 6. The van der Waals surface area contributed by atoms with E-state index in [0.29, 0.717) is 18.7 Å². The lowest BCUT2D eigenvalue weighted by Crippen LogP contribution is -2.36. The van der Waals surface area contributed by atoms with Gasteiger partial charge in [0.05, 0.1) is 18.7 Å². The van der Waals surface area contributed by atoms with Crippen LogP contribution in [0, 0.1) is 0 Å². The van der Waals surface area contributed by atoms with Crippen LogP contribution in [0.3, 0.4) is 0 Å². The van der Waals surface area contributed by atoms with E-state index >= 15 is 0 Å². The summed E-state index contributed by atoms with van der Waals surface area (Å²) in [6.07, 6.45) is 0. The van der Waals surface area contributed by atoms with Gasteiger partial charge in [-0.1, -0.05) is 6.07 Å². The Morgan fingerprint density at radius 2 is 1.93 bits per heavy atom. The Kier molecular flexibility index (Phi) is 4.63. The second kappa shape index (κ2) is 7.13. The van der Waals surface area contributed by atoms with Crippen molar-refractivity contribution in [2.24, 2.45) is 7.05 Å². The number of carboxylic acids is 1. The molecule has 3 heterocycles. The fourth-order valence-corrected chi connectivity index (χ4v) is 3.70. The number of carbonyl (C=O) groups excluding carboxylic acids is 1. The maximum Gasteiger partial charge on any atom is 0.322 e. The van der Waals surface area contributed by atoms with Crippen LogP contribution in [0.15, 0.2) is 29.1 Å². The predicted molar refractivity (Wildman–Crippen MR) is 105 cm³/mol. The summed E-state index contributed by atoms with van der Waals surface area (Å²) in [4.78, 5) is 38.0. The number of benzene rings is 1. The standard InChI is InChI=1S/C19H20N4O6/c1-21-19(28)16(18(27)20-10-15(24)25)17(26)14-9-11-12(22-5-7-29-8-6-22)3-2-4-13(11)23(14)21/h2-4,9,26H,5-8,10H2,1H3,(H,20,27)(H,24,25). The van der Waals surface area contributed by atoms with Crippen molar-refractivity contribution < 1.29 is 24.5 Å². The van der Waals surface area contributed by atoms with E-state index < -0.39 is 35.3 Å². The van der Waals surface area contributed by atoms with Gasteiger partial charge in [0.15, 0.2) is 5.75 Å². The van der Waals surface area contributed by atoms with E-state index in [1.54, 1.807) is 10.6 Å². The number of anilines is 1. The summed E-state index contributed by atoms with van der Waals surface area (Å²) in [6.45, 7) is 2.01. The molecule has 1 fully saturated rings. The first kappa shape index (κ1) is 18.8. The Labute approximate surface area is 164 Å². The van der Waals surface area contributed by atoms with Crippen molar-refractivity contribution in [3.63, 3.8) is 0 Å². The van der Waals surface area contributed by atoms with Gasteiger partial charge in [-0.15, -0.1) is 0 Å². The van der Waals surface area contributed by atoms with Crippen LogP contribution in [0.2, 0.25) is 0 Å². The molecule has 3 N–H and O–H groups in total. The second-order valence-electron chi connectivity index (χ2n) is 6.78. The van der Waals surface area contributed by atoms with Crippen LogP contribution in [0.25, 0.3) is 16.4 Å². The van der Waals surface area contributed by atoms with Crippen molar-refractivity contribution >= 4 is 34.0 Å². The van der Waals surface area contributed by atoms with Gasteiger partial charge in [-0.2, -0.15) is 0 Å². The van der Waals surface area contributed by atoms with E-state index in [1.165, 1.54) is 11.7 Å². The summed E-state index contributed by atoms with van der Waals surface area (Å²) in [5, 5.41) is 22.4. The number of nitrogens with zero attached hydrogens (tertiary/aromatic N) is 3. The van der Waals surface area contributed by atoms with Crippen LogP contribution < -0.4 is 15.8 Å². The molecule has 0 radical (unpaired) electrons. The van der Waals surface area contributed by atoms with Crippen LogP contribution in [0.5, 0.6) is 5.75 Å². The van der Waals surface area contributed by atoms with Gasteiger partial charge in [0.25, 0.3) is 11.5 Å². The van der Waals surface area contributed by atoms with Crippen LogP contribution in [0.1, 0.15) is 10.4 Å². The number of fused-ring (bicyclic) bond motifs is 3. The number of hydrogen-bond donors (Lipinski definition) is 3. The molecular formula is C19H20N4O6. The summed E-state index contributed by atoms with van der Waals surface area (Å²) < 4.78 is 8.19. The number of ether oxygens (including phenoxy) is 1. The fourth-order valence-electron chi connectivity index (χ4n) is 3.70. The van der Waals surface area contributed by atoms with Gasteiger partial charge in [0, 0.05) is 31.2 Å². The summed E-state index contributed by atoms with van der Waals surface area (Å²) in [7, 11) is 1.49. The number of nitrogens with one attached hydrogen (secondary N) is 1. The molecule has 0 atom stereocenters. The van der Waals surface area contributed by atoms with Gasteiger partial charge in [0.2, 0.25) is 0 Å². The van der Waals surface area contributed by atoms with Gasteiger partial charge in [-0.25, -0.2) is 9.20 Å². The van der Waals surface area contributed by atoms with Crippen LogP contribution in [0.4, 0.5) is 5.69 Å². The smallest absolute Gasteiger partial charge is 0.322 e. The largest absolute Gasteiger partial charge is 0.505 e. The highest BCUT2D eigenvalue weighted by Crippen LogP contribution is 2.33. The van der Waals surface area contributed by atoms with Crippen molar-refractivity contribution in [2.75, 3.05) is 37.7 Å². The number of carbonyl (C=O) groups is 2. The molecule has 0 bridgehead atoms. The third kappa shape index (κ3) is 3.07. The highest BCUT2D eigenvalue weighted by Gasteiger charge is 2.24. The SMILES string of the molecule is Cn1c(=O)c(C(=O)NCC(=O)O)c(O)c2cc3c(N4CCOCC4)cccc3n21. The molecule has 0 unspecified atom stereocenters. The number of amides is 1. The summed E-state index contributed by atoms with van der Waals surface area (Å²) in [5.74, 6) is -2.67. The lowest BCUT2D eigenvalue weighted by Gasteiger charge is -2.29. The Hall–Kier alpha value is -3.53. The zero-order chi connectivity index (χ0) is 20.7. The molecule has 3 aromatic rings. The van der Waals surface area contributed by atoms with Gasteiger partial charge >= 0.3 is 5.97 Å². The first-order valence-corrected chi connectivity index (χ1v) is 9.09. The number of aromatic nitrogens is 2. The number of aromatic hydroxyl groups is 1. The predicted octanol–water partition coefficient (Wildman–Crippen LogP) is 0.148. The summed E-state index contributed by atoms with van der Waals surface area (Å²) in [6, 6.07) is 7.38. The van der Waals surface area contributed by atoms with E-state index in [2.05, 4.69) is 10.2 Å². The van der Waals surface area contributed by atoms with E-state index in [4.69, 9.17) is 9.84 Å². The quantitative estimate of drug-likeness (QED) is 0.569. The van der Waals surface area contributed by atoms with E-state index in [1.807, 2.05) is 18.2 Å². The zero-order valence-electron chi connectivity index (χ0n) is 15.7. The number of rotatable bonds is 4. The topological polar surface area (TPSA) is 126 Å². The highest BCUT2D eigenvalue weighted by molar-refractivity contribution is 6.03. The van der Waals surface area contributed by atoms with Crippen molar-refractivity contribution in [3.8, 4) is 5.75 Å². The third-order valence-corrected chi connectivity index (χ3v) is 5.06. The maximum absolute atomic E-state index is 12.8. The molecule has 0 saturated carbocycles. The second-order valence-corrected chi connectivity index (χ2v) is 6.78. The van der Waals surface area contributed by atoms with Gasteiger partial charge < -0.3 is 25.2 Å². The van der Waals surface area contributed by atoms with E-state index in [9.17, 15) is 19.5 Å². The molecule has 1 amide bonds. The molecule has 1 aromatic carbocycles. The van der Waals surface area contributed by atoms with Crippen LogP contribution in [-0.2, 0) is 16.6 Å². The number of aryl methyl sites for hydroxylation is 1. The Balaban J connectivity index is 1.93. The molecule has 1 saturated heterocycles. The monoisotopic (exact) mass is 400 g/mol. The average molecular weight is 400 g/mol. The molecule has 2 aromatic heterocycles. The molecular weight excluding hydrogens is 380 g/mol. The lowest BCUT2D eigenvalue weighted by molar-refractivity contribution is -0.135. The van der Waals surface area contributed by atoms with Crippen LogP contribution >= 0.6 is 0 Å². The molecule has 1 aliphatic heterocycles. The van der Waals surface area contributed by atoms with Crippen molar-refractivity contribution in [2.45, 2.75) is 0 Å². The fraction of sp³-hybridized carbons (Fsp3) is 0.316. The lowest BCUT2D eigenvalue weighted by atomic mass is 10.1. The minimum Gasteiger partial charge on any atom is -0.505 e. The van der Waals surface area contributed by atoms with Gasteiger partial charge in [-0.05, 0) is 18.2 Å².